The van der Waals surface area contributed by atoms with Crippen molar-refractivity contribution in [3.63, 3.8) is 0 Å². The van der Waals surface area contributed by atoms with Crippen LogP contribution in [0.3, 0.4) is 0 Å². The summed E-state index contributed by atoms with van der Waals surface area (Å²) in [6, 6.07) is 14.6. The third kappa shape index (κ3) is 3.29. The van der Waals surface area contributed by atoms with Gasteiger partial charge in [0.1, 0.15) is 12.7 Å². The fourth-order valence-corrected chi connectivity index (χ4v) is 3.27. The Hall–Kier alpha value is -3.81. The number of hydrogen-bond acceptors (Lipinski definition) is 5. The summed E-state index contributed by atoms with van der Waals surface area (Å²) < 4.78 is 2.88. The lowest BCUT2D eigenvalue weighted by Crippen LogP contribution is -2.33. The van der Waals surface area contributed by atoms with E-state index in [0.717, 1.165) is 11.3 Å². The summed E-state index contributed by atoms with van der Waals surface area (Å²) in [6.45, 7) is 1.95. The number of benzene rings is 2. The van der Waals surface area contributed by atoms with Crippen molar-refractivity contribution in [2.75, 3.05) is 7.05 Å². The van der Waals surface area contributed by atoms with Crippen LogP contribution >= 0.6 is 0 Å². The first-order valence-corrected chi connectivity index (χ1v) is 9.15. The maximum absolute atomic E-state index is 13.2. The molecule has 0 bridgehead atoms. The van der Waals surface area contributed by atoms with Crippen LogP contribution in [0.5, 0.6) is 0 Å². The third-order valence-electron chi connectivity index (χ3n) is 5.12. The van der Waals surface area contributed by atoms with Crippen molar-refractivity contribution < 1.29 is 4.79 Å². The van der Waals surface area contributed by atoms with E-state index < -0.39 is 0 Å². The van der Waals surface area contributed by atoms with Crippen LogP contribution in [0, 0.1) is 0 Å². The molecule has 8 heteroatoms. The molecule has 4 rings (SSSR count). The molecular weight excluding hydrogens is 368 g/mol. The summed E-state index contributed by atoms with van der Waals surface area (Å²) in [7, 11) is 3.29. The molecule has 1 atom stereocenters. The van der Waals surface area contributed by atoms with E-state index in [1.54, 1.807) is 54.3 Å². The van der Waals surface area contributed by atoms with Gasteiger partial charge in [0.25, 0.3) is 11.5 Å². The van der Waals surface area contributed by atoms with E-state index in [1.165, 1.54) is 11.0 Å². The molecule has 8 nitrogen and oxygen atoms in total. The minimum atomic E-state index is -0.246. The van der Waals surface area contributed by atoms with Crippen molar-refractivity contribution in [1.29, 1.82) is 0 Å². The Labute approximate surface area is 167 Å². The van der Waals surface area contributed by atoms with Crippen LogP contribution in [0.2, 0.25) is 0 Å². The number of rotatable bonds is 4. The van der Waals surface area contributed by atoms with E-state index in [2.05, 4.69) is 15.2 Å². The summed E-state index contributed by atoms with van der Waals surface area (Å²) in [5, 5.41) is 9.39. The van der Waals surface area contributed by atoms with E-state index in [1.807, 2.05) is 31.2 Å². The first-order chi connectivity index (χ1) is 14.0. The van der Waals surface area contributed by atoms with Crippen molar-refractivity contribution in [2.45, 2.75) is 13.0 Å². The van der Waals surface area contributed by atoms with Gasteiger partial charge in [0.05, 0.1) is 17.1 Å². The Balaban J connectivity index is 1.65. The Bertz CT molecular complexity index is 1230. The fourth-order valence-electron chi connectivity index (χ4n) is 3.27. The van der Waals surface area contributed by atoms with Gasteiger partial charge in [-0.15, -0.1) is 0 Å². The smallest absolute Gasteiger partial charge is 0.275 e. The SMILES string of the molecule is C[C@H](c1ccc(-n2cncn2)cc1)N(C)C(=O)c1nn(C)c(=O)c2ccccc12. The number of aromatic nitrogens is 5. The Morgan fingerprint density at radius 3 is 2.41 bits per heavy atom. The highest BCUT2D eigenvalue weighted by atomic mass is 16.2. The molecular formula is C21H20N6O2. The van der Waals surface area contributed by atoms with E-state index in [-0.39, 0.29) is 23.2 Å². The number of fused-ring (bicyclic) bond motifs is 1. The second kappa shape index (κ2) is 7.31. The molecule has 0 spiro atoms. The lowest BCUT2D eigenvalue weighted by atomic mass is 10.1. The molecule has 29 heavy (non-hydrogen) atoms. The second-order valence-electron chi connectivity index (χ2n) is 6.85. The predicted octanol–water partition coefficient (Wildman–Crippen LogP) is 2.35. The summed E-state index contributed by atoms with van der Waals surface area (Å²) in [5.41, 5.74) is 1.89. The number of aryl methyl sites for hydroxylation is 1. The predicted molar refractivity (Wildman–Crippen MR) is 109 cm³/mol. The minimum absolute atomic E-state index is 0.190. The molecule has 2 heterocycles. The van der Waals surface area contributed by atoms with Crippen molar-refractivity contribution in [3.8, 4) is 5.69 Å². The van der Waals surface area contributed by atoms with Gasteiger partial charge >= 0.3 is 0 Å². The number of hydrogen-bond donors (Lipinski definition) is 0. The standard InChI is InChI=1S/C21H20N6O2/c1-14(15-8-10-16(11-9-15)27-13-22-12-23-27)25(2)21(29)19-17-6-4-5-7-18(17)20(28)26(3)24-19/h4-14H,1-3H3/t14-/m1/s1. The van der Waals surface area contributed by atoms with Gasteiger partial charge in [0.2, 0.25) is 0 Å². The summed E-state index contributed by atoms with van der Waals surface area (Å²) >= 11 is 0. The van der Waals surface area contributed by atoms with Crippen LogP contribution in [0.4, 0.5) is 0 Å². The molecule has 0 N–H and O–H groups in total. The quantitative estimate of drug-likeness (QED) is 0.536. The second-order valence-corrected chi connectivity index (χ2v) is 6.85. The highest BCUT2D eigenvalue weighted by molar-refractivity contribution is 6.04. The molecule has 146 valence electrons. The summed E-state index contributed by atoms with van der Waals surface area (Å²) in [6.07, 6.45) is 3.11. The molecule has 0 saturated carbocycles. The van der Waals surface area contributed by atoms with Gasteiger partial charge in [-0.05, 0) is 30.7 Å². The van der Waals surface area contributed by atoms with Crippen molar-refractivity contribution in [2.24, 2.45) is 7.05 Å². The lowest BCUT2D eigenvalue weighted by molar-refractivity contribution is 0.0736. The first kappa shape index (κ1) is 18.5. The topological polar surface area (TPSA) is 85.9 Å². The van der Waals surface area contributed by atoms with Crippen molar-refractivity contribution in [3.05, 3.63) is 82.8 Å². The average molecular weight is 388 g/mol. The molecule has 4 aromatic rings. The van der Waals surface area contributed by atoms with Crippen LogP contribution in [-0.4, -0.2) is 42.4 Å². The van der Waals surface area contributed by atoms with Crippen LogP contribution in [0.25, 0.3) is 16.5 Å². The van der Waals surface area contributed by atoms with E-state index in [0.29, 0.717) is 10.8 Å². The van der Waals surface area contributed by atoms with E-state index in [9.17, 15) is 9.59 Å². The van der Waals surface area contributed by atoms with Crippen LogP contribution in [0.15, 0.2) is 66.0 Å². The van der Waals surface area contributed by atoms with Gasteiger partial charge in [0.15, 0.2) is 5.69 Å². The zero-order chi connectivity index (χ0) is 20.5. The number of carbonyl (C=O) groups excluding carboxylic acids is 1. The normalized spacial score (nSPS) is 12.1. The number of nitrogens with zero attached hydrogens (tertiary/aromatic N) is 6. The van der Waals surface area contributed by atoms with Crippen LogP contribution in [-0.2, 0) is 7.05 Å². The zero-order valence-corrected chi connectivity index (χ0v) is 16.4. The molecule has 0 aliphatic heterocycles. The largest absolute Gasteiger partial charge is 0.334 e. The van der Waals surface area contributed by atoms with Crippen molar-refractivity contribution >= 4 is 16.7 Å². The van der Waals surface area contributed by atoms with E-state index >= 15 is 0 Å². The molecule has 0 aliphatic carbocycles. The molecule has 0 unspecified atom stereocenters. The van der Waals surface area contributed by atoms with Crippen molar-refractivity contribution in [1.82, 2.24) is 29.4 Å². The third-order valence-corrected chi connectivity index (χ3v) is 5.12. The average Bonchev–Trinajstić information content (AvgIpc) is 3.30. The first-order valence-electron chi connectivity index (χ1n) is 9.15. The monoisotopic (exact) mass is 388 g/mol. The highest BCUT2D eigenvalue weighted by Gasteiger charge is 2.23. The number of carbonyl (C=O) groups is 1. The van der Waals surface area contributed by atoms with Crippen LogP contribution in [0.1, 0.15) is 29.0 Å². The maximum atomic E-state index is 13.2. The molecule has 0 aliphatic rings. The fraction of sp³-hybridized carbons (Fsp3) is 0.190. The van der Waals surface area contributed by atoms with Crippen LogP contribution < -0.4 is 5.56 Å². The Morgan fingerprint density at radius 1 is 1.07 bits per heavy atom. The minimum Gasteiger partial charge on any atom is -0.334 e. The Morgan fingerprint density at radius 2 is 1.76 bits per heavy atom. The summed E-state index contributed by atoms with van der Waals surface area (Å²) in [4.78, 5) is 31.1. The molecule has 2 aromatic heterocycles. The molecule has 0 radical (unpaired) electrons. The van der Waals surface area contributed by atoms with Gasteiger partial charge in [-0.25, -0.2) is 14.3 Å². The number of amides is 1. The molecule has 0 fully saturated rings. The van der Waals surface area contributed by atoms with E-state index in [4.69, 9.17) is 0 Å². The van der Waals surface area contributed by atoms with Gasteiger partial charge in [0, 0.05) is 19.5 Å². The van der Waals surface area contributed by atoms with Gasteiger partial charge < -0.3 is 4.90 Å². The Kier molecular flexibility index (Phi) is 4.67. The highest BCUT2D eigenvalue weighted by Crippen LogP contribution is 2.23. The lowest BCUT2D eigenvalue weighted by Gasteiger charge is -2.25. The molecule has 0 saturated heterocycles. The molecule has 2 aromatic carbocycles. The zero-order valence-electron chi connectivity index (χ0n) is 16.4. The molecule has 1 amide bonds. The van der Waals surface area contributed by atoms with Gasteiger partial charge in [-0.1, -0.05) is 30.3 Å². The summed E-state index contributed by atoms with van der Waals surface area (Å²) in [5.74, 6) is -0.246. The van der Waals surface area contributed by atoms with Gasteiger partial charge in [-0.2, -0.15) is 10.2 Å². The van der Waals surface area contributed by atoms with Gasteiger partial charge in [-0.3, -0.25) is 9.59 Å². The maximum Gasteiger partial charge on any atom is 0.275 e.